The van der Waals surface area contributed by atoms with Crippen LogP contribution in [-0.2, 0) is 9.53 Å². The first-order chi connectivity index (χ1) is 13.7. The molecule has 5 heteroatoms. The summed E-state index contributed by atoms with van der Waals surface area (Å²) in [6.07, 6.45) is 9.59. The van der Waals surface area contributed by atoms with Crippen LogP contribution in [0.5, 0.6) is 0 Å². The van der Waals surface area contributed by atoms with Gasteiger partial charge >= 0.3 is 0 Å². The first kappa shape index (κ1) is 19.4. The Kier molecular flexibility index (Phi) is 5.72. The molecule has 1 atom stereocenters. The molecule has 2 amide bonds. The van der Waals surface area contributed by atoms with E-state index in [1.54, 1.807) is 7.11 Å². The lowest BCUT2D eigenvalue weighted by molar-refractivity contribution is -0.128. The lowest BCUT2D eigenvalue weighted by Crippen LogP contribution is -2.63. The van der Waals surface area contributed by atoms with Crippen LogP contribution in [0.3, 0.4) is 0 Å². The molecule has 1 N–H and O–H groups in total. The van der Waals surface area contributed by atoms with E-state index in [9.17, 15) is 9.59 Å². The lowest BCUT2D eigenvalue weighted by atomic mass is 9.65. The second kappa shape index (κ2) is 8.24. The first-order valence-corrected chi connectivity index (χ1v) is 10.9. The van der Waals surface area contributed by atoms with Gasteiger partial charge < -0.3 is 15.0 Å². The van der Waals surface area contributed by atoms with E-state index in [0.29, 0.717) is 18.7 Å². The Morgan fingerprint density at radius 2 is 1.86 bits per heavy atom. The van der Waals surface area contributed by atoms with Crippen molar-refractivity contribution >= 4 is 11.8 Å². The molecule has 0 unspecified atom stereocenters. The smallest absolute Gasteiger partial charge is 0.254 e. The Bertz CT molecular complexity index is 720. The van der Waals surface area contributed by atoms with E-state index in [1.807, 2.05) is 29.2 Å². The van der Waals surface area contributed by atoms with E-state index >= 15 is 0 Å². The van der Waals surface area contributed by atoms with Crippen LogP contribution < -0.4 is 5.32 Å². The predicted molar refractivity (Wildman–Crippen MR) is 108 cm³/mol. The highest BCUT2D eigenvalue weighted by atomic mass is 16.5. The van der Waals surface area contributed by atoms with Gasteiger partial charge in [0.25, 0.3) is 5.91 Å². The molecule has 3 aliphatic rings. The Morgan fingerprint density at radius 3 is 2.57 bits per heavy atom. The highest BCUT2D eigenvalue weighted by Gasteiger charge is 2.54. The number of nitrogens with one attached hydrogen (secondary N) is 1. The fraction of sp³-hybridized carbons (Fsp3) is 0.652. The van der Waals surface area contributed by atoms with Gasteiger partial charge in [-0.1, -0.05) is 50.3 Å². The molecule has 1 aromatic rings. The zero-order valence-electron chi connectivity index (χ0n) is 16.9. The molecular formula is C23H32N2O3. The maximum Gasteiger partial charge on any atom is 0.254 e. The van der Waals surface area contributed by atoms with E-state index in [4.69, 9.17) is 4.74 Å². The number of carbonyl (C=O) groups excluding carboxylic acids is 2. The van der Waals surface area contributed by atoms with Gasteiger partial charge in [-0.15, -0.1) is 0 Å². The molecule has 0 saturated heterocycles. The molecule has 1 heterocycles. The molecule has 4 rings (SSSR count). The van der Waals surface area contributed by atoms with E-state index < -0.39 is 5.54 Å². The van der Waals surface area contributed by atoms with Crippen molar-refractivity contribution in [2.45, 2.75) is 75.3 Å². The Hall–Kier alpha value is -1.88. The summed E-state index contributed by atoms with van der Waals surface area (Å²) < 4.78 is 5.32. The molecule has 0 radical (unpaired) electrons. The summed E-state index contributed by atoms with van der Waals surface area (Å²) in [6, 6.07) is 8.02. The predicted octanol–water partition coefficient (Wildman–Crippen LogP) is 3.63. The second-order valence-corrected chi connectivity index (χ2v) is 8.62. The van der Waals surface area contributed by atoms with E-state index in [-0.39, 0.29) is 23.8 Å². The number of rotatable bonds is 5. The Morgan fingerprint density at radius 1 is 1.14 bits per heavy atom. The fourth-order valence-electron chi connectivity index (χ4n) is 5.71. The van der Waals surface area contributed by atoms with Crippen molar-refractivity contribution in [3.05, 3.63) is 35.4 Å². The monoisotopic (exact) mass is 384 g/mol. The molecule has 152 valence electrons. The van der Waals surface area contributed by atoms with Crippen molar-refractivity contribution in [3.63, 3.8) is 0 Å². The molecule has 1 aromatic carbocycles. The van der Waals surface area contributed by atoms with Crippen LogP contribution in [-0.4, -0.2) is 48.6 Å². The molecule has 2 fully saturated rings. The topological polar surface area (TPSA) is 58.6 Å². The van der Waals surface area contributed by atoms with Crippen molar-refractivity contribution in [2.75, 3.05) is 20.3 Å². The summed E-state index contributed by atoms with van der Waals surface area (Å²) in [5.74, 6) is -0.130. The Balaban J connectivity index is 1.76. The van der Waals surface area contributed by atoms with Gasteiger partial charge in [-0.25, -0.2) is 0 Å². The van der Waals surface area contributed by atoms with Gasteiger partial charge in [0.15, 0.2) is 0 Å². The summed E-state index contributed by atoms with van der Waals surface area (Å²) in [7, 11) is 1.67. The molecule has 1 aliphatic heterocycles. The van der Waals surface area contributed by atoms with Crippen LogP contribution in [0, 0.1) is 0 Å². The second-order valence-electron chi connectivity index (χ2n) is 8.62. The van der Waals surface area contributed by atoms with E-state index in [1.165, 1.54) is 19.3 Å². The van der Waals surface area contributed by atoms with Gasteiger partial charge in [0.2, 0.25) is 5.91 Å². The van der Waals surface area contributed by atoms with E-state index in [2.05, 4.69) is 5.32 Å². The molecule has 28 heavy (non-hydrogen) atoms. The summed E-state index contributed by atoms with van der Waals surface area (Å²) in [4.78, 5) is 29.1. The van der Waals surface area contributed by atoms with E-state index in [0.717, 1.165) is 44.1 Å². The van der Waals surface area contributed by atoms with Gasteiger partial charge in [-0.05, 0) is 37.3 Å². The minimum Gasteiger partial charge on any atom is -0.383 e. The average Bonchev–Trinajstić information content (AvgIpc) is 3.22. The third-order valence-corrected chi connectivity index (χ3v) is 7.02. The number of methoxy groups -OCH3 is 1. The summed E-state index contributed by atoms with van der Waals surface area (Å²) >= 11 is 0. The maximum absolute atomic E-state index is 13.6. The zero-order chi connectivity index (χ0) is 19.6. The van der Waals surface area contributed by atoms with Crippen LogP contribution in [0.4, 0.5) is 0 Å². The highest BCUT2D eigenvalue weighted by molar-refractivity contribution is 6.02. The largest absolute Gasteiger partial charge is 0.383 e. The van der Waals surface area contributed by atoms with Crippen molar-refractivity contribution in [3.8, 4) is 0 Å². The van der Waals surface area contributed by atoms with Gasteiger partial charge in [0, 0.05) is 25.3 Å². The Labute approximate surface area is 167 Å². The standard InChI is InChI=1S/C23H32N2O3/c1-28-16-15-25-22(27)19-12-6-5-11-18(19)20(23(25)13-7-2-8-14-23)21(26)24-17-9-3-4-10-17/h5-6,11-12,17,20H,2-4,7-10,13-16H2,1H3,(H,24,26)/t20-/m1/s1. The first-order valence-electron chi connectivity index (χ1n) is 10.9. The third kappa shape index (κ3) is 3.34. The number of benzene rings is 1. The lowest BCUT2D eigenvalue weighted by Gasteiger charge is -2.53. The number of carbonyl (C=O) groups is 2. The number of fused-ring (bicyclic) bond motifs is 1. The summed E-state index contributed by atoms with van der Waals surface area (Å²) in [5.41, 5.74) is 1.17. The molecule has 2 aliphatic carbocycles. The number of nitrogens with zero attached hydrogens (tertiary/aromatic N) is 1. The molecule has 5 nitrogen and oxygen atoms in total. The molecular weight excluding hydrogens is 352 g/mol. The quantitative estimate of drug-likeness (QED) is 0.843. The van der Waals surface area contributed by atoms with Gasteiger partial charge in [0.05, 0.1) is 18.1 Å². The molecule has 0 aromatic heterocycles. The summed E-state index contributed by atoms with van der Waals surface area (Å²) in [5, 5.41) is 3.34. The third-order valence-electron chi connectivity index (χ3n) is 7.02. The zero-order valence-corrected chi connectivity index (χ0v) is 16.9. The van der Waals surface area contributed by atoms with Crippen LogP contribution >= 0.6 is 0 Å². The summed E-state index contributed by atoms with van der Waals surface area (Å²) in [6.45, 7) is 1.03. The molecule has 0 bridgehead atoms. The fourth-order valence-corrected chi connectivity index (χ4v) is 5.71. The minimum absolute atomic E-state index is 0.0551. The SMILES string of the molecule is COCCN1C(=O)c2ccccc2[C@H](C(=O)NC2CCCC2)C12CCCCC2. The van der Waals surface area contributed by atoms with Gasteiger partial charge in [-0.3, -0.25) is 9.59 Å². The molecule has 1 spiro atoms. The van der Waals surface area contributed by atoms with Crippen molar-refractivity contribution in [1.29, 1.82) is 0 Å². The van der Waals surface area contributed by atoms with Gasteiger partial charge in [-0.2, -0.15) is 0 Å². The van der Waals surface area contributed by atoms with Crippen molar-refractivity contribution in [1.82, 2.24) is 10.2 Å². The van der Waals surface area contributed by atoms with Crippen molar-refractivity contribution < 1.29 is 14.3 Å². The van der Waals surface area contributed by atoms with Gasteiger partial charge in [0.1, 0.15) is 0 Å². The number of amides is 2. The van der Waals surface area contributed by atoms with Crippen LogP contribution in [0.15, 0.2) is 24.3 Å². The van der Waals surface area contributed by atoms with Crippen LogP contribution in [0.25, 0.3) is 0 Å². The number of ether oxygens (including phenoxy) is 1. The highest BCUT2D eigenvalue weighted by Crippen LogP contribution is 2.49. The normalized spacial score (nSPS) is 24.4. The number of hydrogen-bond acceptors (Lipinski definition) is 3. The van der Waals surface area contributed by atoms with Crippen molar-refractivity contribution in [2.24, 2.45) is 0 Å². The van der Waals surface area contributed by atoms with Crippen LogP contribution in [0.1, 0.15) is 79.6 Å². The maximum atomic E-state index is 13.6. The molecule has 2 saturated carbocycles. The average molecular weight is 385 g/mol. The minimum atomic E-state index is -0.426. The number of hydrogen-bond donors (Lipinski definition) is 1. The van der Waals surface area contributed by atoms with Crippen LogP contribution in [0.2, 0.25) is 0 Å².